The fraction of sp³-hybridized carbons (Fsp3) is 0.792. The lowest BCUT2D eigenvalue weighted by molar-refractivity contribution is -0.183. The van der Waals surface area contributed by atoms with Gasteiger partial charge in [0.1, 0.15) is 5.82 Å². The average Bonchev–Trinajstić information content (AvgIpc) is 3.16. The van der Waals surface area contributed by atoms with Gasteiger partial charge in [0.15, 0.2) is 5.79 Å². The Morgan fingerprint density at radius 2 is 1.50 bits per heavy atom. The van der Waals surface area contributed by atoms with E-state index < -0.39 is 0 Å². The van der Waals surface area contributed by atoms with E-state index in [-0.39, 0.29) is 5.79 Å². The number of hydrogen-bond acceptors (Lipinski definition) is 4. The quantitative estimate of drug-likeness (QED) is 0.429. The first kappa shape index (κ1) is 21.6. The lowest BCUT2D eigenvalue weighted by Gasteiger charge is -2.49. The monoisotopic (exact) mass is 388 g/mol. The fourth-order valence-corrected chi connectivity index (χ4v) is 5.01. The van der Waals surface area contributed by atoms with Crippen molar-refractivity contribution in [2.45, 2.75) is 109 Å². The van der Waals surface area contributed by atoms with Gasteiger partial charge in [-0.05, 0) is 25.0 Å². The second-order valence-electron chi connectivity index (χ2n) is 8.62. The third-order valence-corrected chi connectivity index (χ3v) is 6.39. The van der Waals surface area contributed by atoms with Gasteiger partial charge in [-0.15, -0.1) is 0 Å². The van der Waals surface area contributed by atoms with Crippen molar-refractivity contribution in [1.82, 2.24) is 4.98 Å². The summed E-state index contributed by atoms with van der Waals surface area (Å²) in [6.07, 6.45) is 16.7. The highest BCUT2D eigenvalue weighted by Gasteiger charge is 2.48. The third kappa shape index (κ3) is 5.70. The van der Waals surface area contributed by atoms with Crippen LogP contribution in [0.2, 0.25) is 0 Å². The summed E-state index contributed by atoms with van der Waals surface area (Å²) in [5, 5.41) is 0. The van der Waals surface area contributed by atoms with Gasteiger partial charge in [-0.2, -0.15) is 0 Å². The molecule has 2 fully saturated rings. The Morgan fingerprint density at radius 3 is 2.00 bits per heavy atom. The van der Waals surface area contributed by atoms with Crippen LogP contribution >= 0.6 is 0 Å². The Hall–Kier alpha value is -1.13. The summed E-state index contributed by atoms with van der Waals surface area (Å²) in [6.45, 7) is 6.05. The lowest BCUT2D eigenvalue weighted by atomic mass is 9.85. The van der Waals surface area contributed by atoms with E-state index in [1.807, 2.05) is 12.3 Å². The van der Waals surface area contributed by atoms with Crippen molar-refractivity contribution in [2.75, 3.05) is 18.1 Å². The Kier molecular flexibility index (Phi) is 8.60. The van der Waals surface area contributed by atoms with Gasteiger partial charge in [0.25, 0.3) is 0 Å². The minimum Gasteiger partial charge on any atom is -0.350 e. The van der Waals surface area contributed by atoms with Gasteiger partial charge < -0.3 is 14.4 Å². The molecular weight excluding hydrogens is 348 g/mol. The standard InChI is InChI=1S/C24H40N2O2/c1-3-5-7-9-13-21-19-24(27-17-18-28-24)20-22(14-10-8-6-4-2)26(21)23-15-11-12-16-25-23/h11-12,15-16,21-22H,3-10,13-14,17-20H2,1-2H3. The first-order chi connectivity index (χ1) is 13.8. The van der Waals surface area contributed by atoms with Crippen LogP contribution in [0.1, 0.15) is 90.9 Å². The van der Waals surface area contributed by atoms with Crippen LogP contribution in [-0.2, 0) is 9.47 Å². The normalized spacial score (nSPS) is 24.1. The van der Waals surface area contributed by atoms with Crippen molar-refractivity contribution in [3.63, 3.8) is 0 Å². The minimum atomic E-state index is -0.351. The van der Waals surface area contributed by atoms with Crippen molar-refractivity contribution >= 4 is 5.82 Å². The molecule has 1 spiro atoms. The zero-order chi connectivity index (χ0) is 19.7. The summed E-state index contributed by atoms with van der Waals surface area (Å²) in [4.78, 5) is 7.38. The fourth-order valence-electron chi connectivity index (χ4n) is 5.01. The Bertz CT molecular complexity index is 521. The molecule has 2 atom stereocenters. The summed E-state index contributed by atoms with van der Waals surface area (Å²) >= 11 is 0. The molecule has 28 heavy (non-hydrogen) atoms. The Balaban J connectivity index is 1.77. The van der Waals surface area contributed by atoms with Crippen LogP contribution in [0.25, 0.3) is 0 Å². The highest BCUT2D eigenvalue weighted by Crippen LogP contribution is 2.42. The van der Waals surface area contributed by atoms with Gasteiger partial charge >= 0.3 is 0 Å². The summed E-state index contributed by atoms with van der Waals surface area (Å²) in [6, 6.07) is 7.24. The number of ether oxygens (including phenoxy) is 2. The number of rotatable bonds is 11. The van der Waals surface area contributed by atoms with Crippen molar-refractivity contribution in [3.8, 4) is 0 Å². The van der Waals surface area contributed by atoms with E-state index in [4.69, 9.17) is 14.5 Å². The molecule has 0 bridgehead atoms. The Labute approximate surface area is 172 Å². The molecule has 0 amide bonds. The molecule has 1 aromatic heterocycles. The molecule has 0 aliphatic carbocycles. The van der Waals surface area contributed by atoms with Gasteiger partial charge in [0, 0.05) is 31.1 Å². The number of piperidine rings is 1. The van der Waals surface area contributed by atoms with E-state index >= 15 is 0 Å². The predicted octanol–water partition coefficient (Wildman–Crippen LogP) is 6.10. The summed E-state index contributed by atoms with van der Waals surface area (Å²) in [5.74, 6) is 0.784. The molecule has 0 N–H and O–H groups in total. The molecule has 2 aliphatic heterocycles. The molecular formula is C24H40N2O2. The Morgan fingerprint density at radius 1 is 0.893 bits per heavy atom. The maximum atomic E-state index is 6.21. The molecule has 2 unspecified atom stereocenters. The number of anilines is 1. The molecule has 0 aromatic carbocycles. The van der Waals surface area contributed by atoms with E-state index in [9.17, 15) is 0 Å². The van der Waals surface area contributed by atoms with E-state index in [0.29, 0.717) is 12.1 Å². The van der Waals surface area contributed by atoms with Gasteiger partial charge in [0.05, 0.1) is 13.2 Å². The average molecular weight is 389 g/mol. The van der Waals surface area contributed by atoms with Gasteiger partial charge in [-0.1, -0.05) is 71.3 Å². The van der Waals surface area contributed by atoms with E-state index in [0.717, 1.165) is 31.9 Å². The molecule has 158 valence electrons. The van der Waals surface area contributed by atoms with Crippen molar-refractivity contribution in [3.05, 3.63) is 24.4 Å². The van der Waals surface area contributed by atoms with Gasteiger partial charge in [0.2, 0.25) is 0 Å². The number of aromatic nitrogens is 1. The van der Waals surface area contributed by atoms with Gasteiger partial charge in [-0.25, -0.2) is 4.98 Å². The molecule has 4 nitrogen and oxygen atoms in total. The second kappa shape index (κ2) is 11.2. The molecule has 0 saturated carbocycles. The van der Waals surface area contributed by atoms with Crippen LogP contribution in [0, 0.1) is 0 Å². The van der Waals surface area contributed by atoms with Crippen LogP contribution < -0.4 is 4.90 Å². The van der Waals surface area contributed by atoms with Crippen LogP contribution in [0.3, 0.4) is 0 Å². The molecule has 2 aliphatic rings. The predicted molar refractivity (Wildman–Crippen MR) is 116 cm³/mol. The van der Waals surface area contributed by atoms with Crippen LogP contribution in [0.4, 0.5) is 5.82 Å². The van der Waals surface area contributed by atoms with Crippen LogP contribution in [0.15, 0.2) is 24.4 Å². The molecule has 1 aromatic rings. The van der Waals surface area contributed by atoms with Crippen molar-refractivity contribution in [1.29, 1.82) is 0 Å². The minimum absolute atomic E-state index is 0.351. The molecule has 0 radical (unpaired) electrons. The number of hydrogen-bond donors (Lipinski definition) is 0. The topological polar surface area (TPSA) is 34.6 Å². The SMILES string of the molecule is CCCCCCC1CC2(CC(CCCCCC)N1c1ccccn1)OCCO2. The molecule has 4 heteroatoms. The largest absolute Gasteiger partial charge is 0.350 e. The molecule has 3 rings (SSSR count). The third-order valence-electron chi connectivity index (χ3n) is 6.39. The number of unbranched alkanes of at least 4 members (excludes halogenated alkanes) is 6. The molecule has 2 saturated heterocycles. The maximum Gasteiger partial charge on any atom is 0.172 e. The van der Waals surface area contributed by atoms with Crippen LogP contribution in [0.5, 0.6) is 0 Å². The highest BCUT2D eigenvalue weighted by atomic mass is 16.7. The van der Waals surface area contributed by atoms with E-state index in [1.54, 1.807) is 0 Å². The van der Waals surface area contributed by atoms with E-state index in [2.05, 4.69) is 30.9 Å². The zero-order valence-electron chi connectivity index (χ0n) is 18.1. The summed E-state index contributed by atoms with van der Waals surface area (Å²) in [7, 11) is 0. The lowest BCUT2D eigenvalue weighted by Crippen LogP contribution is -2.57. The summed E-state index contributed by atoms with van der Waals surface area (Å²) in [5.41, 5.74) is 0. The van der Waals surface area contributed by atoms with Crippen molar-refractivity contribution in [2.24, 2.45) is 0 Å². The van der Waals surface area contributed by atoms with E-state index in [1.165, 1.54) is 64.2 Å². The summed E-state index contributed by atoms with van der Waals surface area (Å²) < 4.78 is 12.4. The first-order valence-corrected chi connectivity index (χ1v) is 11.8. The number of nitrogens with zero attached hydrogens (tertiary/aromatic N) is 2. The first-order valence-electron chi connectivity index (χ1n) is 11.8. The molecule has 3 heterocycles. The highest BCUT2D eigenvalue weighted by molar-refractivity contribution is 5.42. The van der Waals surface area contributed by atoms with Gasteiger partial charge in [-0.3, -0.25) is 0 Å². The second-order valence-corrected chi connectivity index (χ2v) is 8.62. The number of pyridine rings is 1. The van der Waals surface area contributed by atoms with Crippen molar-refractivity contribution < 1.29 is 9.47 Å². The smallest absolute Gasteiger partial charge is 0.172 e. The van der Waals surface area contributed by atoms with Crippen LogP contribution in [-0.4, -0.2) is 36.1 Å². The maximum absolute atomic E-state index is 6.21. The zero-order valence-corrected chi connectivity index (χ0v) is 18.1.